The van der Waals surface area contributed by atoms with Crippen molar-refractivity contribution in [2.24, 2.45) is 0 Å². The van der Waals surface area contributed by atoms with E-state index in [1.807, 2.05) is 61.2 Å². The van der Waals surface area contributed by atoms with Crippen molar-refractivity contribution >= 4 is 53.2 Å². The second kappa shape index (κ2) is 10.9. The van der Waals surface area contributed by atoms with E-state index in [2.05, 4.69) is 21.3 Å². The highest BCUT2D eigenvalue weighted by molar-refractivity contribution is 7.99. The Morgan fingerprint density at radius 1 is 1.07 bits per heavy atom. The first kappa shape index (κ1) is 22.1. The number of carbonyl (C=O) groups excluding carboxylic acids is 2. The molecule has 2 aromatic rings. The lowest BCUT2D eigenvalue weighted by molar-refractivity contribution is -0.116. The third-order valence-corrected chi connectivity index (χ3v) is 5.36. The van der Waals surface area contributed by atoms with Crippen LogP contribution in [0.25, 0.3) is 0 Å². The van der Waals surface area contributed by atoms with Gasteiger partial charge in [-0.2, -0.15) is 11.8 Å². The molecule has 6 nitrogen and oxygen atoms in total. The van der Waals surface area contributed by atoms with Gasteiger partial charge < -0.3 is 21.3 Å². The molecule has 1 fully saturated rings. The van der Waals surface area contributed by atoms with Gasteiger partial charge in [0.05, 0.1) is 0 Å². The highest BCUT2D eigenvalue weighted by atomic mass is 35.5. The average Bonchev–Trinajstić information content (AvgIpc) is 2.66. The molecule has 0 radical (unpaired) electrons. The van der Waals surface area contributed by atoms with Gasteiger partial charge in [0.2, 0.25) is 5.91 Å². The number of rotatable bonds is 5. The smallest absolute Gasteiger partial charge is 0.323 e. The standard InChI is InChI=1S/C20H24N4O2S.ClH/c1-14-7-8-16(23-20(26)22-15-5-3-2-4-6-15)11-18(14)24-19(25)12-17-13-27-10-9-21-17;/h2-8,11,17,21H,9-10,12-13H2,1H3,(H,24,25)(H2,22,23,26);1H. The van der Waals surface area contributed by atoms with Crippen LogP contribution in [0.4, 0.5) is 21.9 Å². The summed E-state index contributed by atoms with van der Waals surface area (Å²) in [5.74, 6) is 2.02. The summed E-state index contributed by atoms with van der Waals surface area (Å²) < 4.78 is 0. The van der Waals surface area contributed by atoms with Gasteiger partial charge in [-0.15, -0.1) is 12.4 Å². The maximum atomic E-state index is 12.3. The van der Waals surface area contributed by atoms with Crippen LogP contribution in [-0.4, -0.2) is 36.0 Å². The average molecular weight is 421 g/mol. The van der Waals surface area contributed by atoms with Crippen molar-refractivity contribution in [3.05, 3.63) is 54.1 Å². The van der Waals surface area contributed by atoms with E-state index in [1.54, 1.807) is 6.07 Å². The minimum atomic E-state index is -0.328. The second-order valence-electron chi connectivity index (χ2n) is 6.45. The summed E-state index contributed by atoms with van der Waals surface area (Å²) in [4.78, 5) is 24.5. The van der Waals surface area contributed by atoms with E-state index >= 15 is 0 Å². The van der Waals surface area contributed by atoms with E-state index in [0.29, 0.717) is 23.5 Å². The highest BCUT2D eigenvalue weighted by Gasteiger charge is 2.17. The molecule has 3 amide bonds. The minimum absolute atomic E-state index is 0. The zero-order chi connectivity index (χ0) is 19.1. The Balaban J connectivity index is 0.00000280. The number of thioether (sulfide) groups is 1. The highest BCUT2D eigenvalue weighted by Crippen LogP contribution is 2.21. The maximum Gasteiger partial charge on any atom is 0.323 e. The molecule has 28 heavy (non-hydrogen) atoms. The number of amides is 3. The Bertz CT molecular complexity index is 798. The summed E-state index contributed by atoms with van der Waals surface area (Å²) in [6, 6.07) is 14.6. The number of halogens is 1. The van der Waals surface area contributed by atoms with Crippen molar-refractivity contribution in [3.63, 3.8) is 0 Å². The first-order valence-corrected chi connectivity index (χ1v) is 10.1. The number of para-hydroxylation sites is 1. The van der Waals surface area contributed by atoms with Crippen LogP contribution >= 0.6 is 24.2 Å². The molecule has 1 unspecified atom stereocenters. The van der Waals surface area contributed by atoms with E-state index in [9.17, 15) is 9.59 Å². The van der Waals surface area contributed by atoms with Crippen LogP contribution in [0.1, 0.15) is 12.0 Å². The molecular formula is C20H25ClN4O2S. The van der Waals surface area contributed by atoms with Crippen molar-refractivity contribution in [1.82, 2.24) is 5.32 Å². The van der Waals surface area contributed by atoms with E-state index in [-0.39, 0.29) is 30.4 Å². The van der Waals surface area contributed by atoms with Gasteiger partial charge in [0.15, 0.2) is 0 Å². The topological polar surface area (TPSA) is 82.3 Å². The number of carbonyl (C=O) groups is 2. The molecule has 1 aliphatic heterocycles. The predicted molar refractivity (Wildman–Crippen MR) is 120 cm³/mol. The van der Waals surface area contributed by atoms with Crippen LogP contribution in [-0.2, 0) is 4.79 Å². The van der Waals surface area contributed by atoms with Crippen LogP contribution in [0.15, 0.2) is 48.5 Å². The first-order valence-electron chi connectivity index (χ1n) is 8.95. The van der Waals surface area contributed by atoms with Gasteiger partial charge in [-0.05, 0) is 36.8 Å². The quantitative estimate of drug-likeness (QED) is 0.587. The van der Waals surface area contributed by atoms with Crippen LogP contribution < -0.4 is 21.3 Å². The monoisotopic (exact) mass is 420 g/mol. The zero-order valence-electron chi connectivity index (χ0n) is 15.7. The third kappa shape index (κ3) is 6.74. The number of benzene rings is 2. The second-order valence-corrected chi connectivity index (χ2v) is 7.60. The van der Waals surface area contributed by atoms with Crippen LogP contribution in [0, 0.1) is 6.92 Å². The SMILES string of the molecule is Cc1ccc(NC(=O)Nc2ccccc2)cc1NC(=O)CC1CSCCN1.Cl. The van der Waals surface area contributed by atoms with Gasteiger partial charge in [0, 0.05) is 47.6 Å². The summed E-state index contributed by atoms with van der Waals surface area (Å²) in [6.45, 7) is 2.87. The molecule has 0 bridgehead atoms. The van der Waals surface area contributed by atoms with Gasteiger partial charge in [0.1, 0.15) is 0 Å². The predicted octanol–water partition coefficient (Wildman–Crippen LogP) is 4.09. The number of aryl methyl sites for hydroxylation is 1. The Kier molecular flexibility index (Phi) is 8.63. The van der Waals surface area contributed by atoms with E-state index in [0.717, 1.165) is 23.6 Å². The molecule has 1 heterocycles. The third-order valence-electron chi connectivity index (χ3n) is 4.23. The molecular weight excluding hydrogens is 396 g/mol. The van der Waals surface area contributed by atoms with Gasteiger partial charge in [-0.3, -0.25) is 4.79 Å². The molecule has 0 aromatic heterocycles. The number of hydrogen-bond acceptors (Lipinski definition) is 4. The van der Waals surface area contributed by atoms with Crippen LogP contribution in [0.3, 0.4) is 0 Å². The van der Waals surface area contributed by atoms with Crippen molar-refractivity contribution < 1.29 is 9.59 Å². The Morgan fingerprint density at radius 2 is 1.82 bits per heavy atom. The summed E-state index contributed by atoms with van der Waals surface area (Å²) in [7, 11) is 0. The maximum absolute atomic E-state index is 12.3. The molecule has 3 rings (SSSR count). The van der Waals surface area contributed by atoms with Crippen molar-refractivity contribution in [1.29, 1.82) is 0 Å². The Hall–Kier alpha value is -2.22. The van der Waals surface area contributed by atoms with Crippen molar-refractivity contribution in [2.45, 2.75) is 19.4 Å². The summed E-state index contributed by atoms with van der Waals surface area (Å²) in [6.07, 6.45) is 0.443. The van der Waals surface area contributed by atoms with Crippen molar-refractivity contribution in [3.8, 4) is 0 Å². The number of nitrogens with one attached hydrogen (secondary N) is 4. The van der Waals surface area contributed by atoms with Gasteiger partial charge in [-0.25, -0.2) is 4.79 Å². The number of hydrogen-bond donors (Lipinski definition) is 4. The fourth-order valence-corrected chi connectivity index (χ4v) is 3.77. The fraction of sp³-hybridized carbons (Fsp3) is 0.300. The van der Waals surface area contributed by atoms with E-state index < -0.39 is 0 Å². The minimum Gasteiger partial charge on any atom is -0.326 e. The van der Waals surface area contributed by atoms with Gasteiger partial charge >= 0.3 is 6.03 Å². The molecule has 1 saturated heterocycles. The lowest BCUT2D eigenvalue weighted by atomic mass is 10.1. The molecule has 8 heteroatoms. The van der Waals surface area contributed by atoms with Crippen LogP contribution in [0.2, 0.25) is 0 Å². The van der Waals surface area contributed by atoms with Crippen molar-refractivity contribution in [2.75, 3.05) is 34.0 Å². The molecule has 1 atom stereocenters. The number of urea groups is 1. The van der Waals surface area contributed by atoms with E-state index in [1.165, 1.54) is 0 Å². The molecule has 0 saturated carbocycles. The van der Waals surface area contributed by atoms with Gasteiger partial charge in [-0.1, -0.05) is 24.3 Å². The molecule has 0 aliphatic carbocycles. The number of anilines is 3. The summed E-state index contributed by atoms with van der Waals surface area (Å²) in [5.41, 5.74) is 2.99. The zero-order valence-corrected chi connectivity index (χ0v) is 17.3. The first-order chi connectivity index (χ1) is 13.1. The van der Waals surface area contributed by atoms with Gasteiger partial charge in [0.25, 0.3) is 0 Å². The Morgan fingerprint density at radius 3 is 2.54 bits per heavy atom. The lowest BCUT2D eigenvalue weighted by Gasteiger charge is -2.22. The molecule has 0 spiro atoms. The molecule has 2 aromatic carbocycles. The molecule has 1 aliphatic rings. The molecule has 4 N–H and O–H groups in total. The largest absolute Gasteiger partial charge is 0.326 e. The van der Waals surface area contributed by atoms with E-state index in [4.69, 9.17) is 0 Å². The lowest BCUT2D eigenvalue weighted by Crippen LogP contribution is -2.39. The van der Waals surface area contributed by atoms with Crippen LogP contribution in [0.5, 0.6) is 0 Å². The summed E-state index contributed by atoms with van der Waals surface area (Å²) in [5, 5.41) is 11.9. The Labute approximate surface area is 175 Å². The molecule has 150 valence electrons. The fourth-order valence-electron chi connectivity index (χ4n) is 2.83. The normalized spacial score (nSPS) is 15.8. The summed E-state index contributed by atoms with van der Waals surface area (Å²) >= 11 is 1.87.